The first kappa shape index (κ1) is 12.4. The highest BCUT2D eigenvalue weighted by Gasteiger charge is 2.19. The maximum Gasteiger partial charge on any atom is 0.332 e. The van der Waals surface area contributed by atoms with Crippen LogP contribution in [0.4, 0.5) is 0 Å². The summed E-state index contributed by atoms with van der Waals surface area (Å²) in [6.07, 6.45) is 0.480. The van der Waals surface area contributed by atoms with Crippen LogP contribution in [0.3, 0.4) is 0 Å². The van der Waals surface area contributed by atoms with E-state index in [1.165, 1.54) is 0 Å². The van der Waals surface area contributed by atoms with E-state index in [9.17, 15) is 4.79 Å². The molecule has 0 radical (unpaired) electrons. The summed E-state index contributed by atoms with van der Waals surface area (Å²) in [5.41, 5.74) is 0. The second kappa shape index (κ2) is 6.86. The maximum atomic E-state index is 10.7. The SMILES string of the molecule is CCCC(OC(C)COC)C(=O)O. The molecule has 0 saturated heterocycles. The van der Waals surface area contributed by atoms with Crippen LogP contribution >= 0.6 is 0 Å². The Labute approximate surface area is 78.8 Å². The number of rotatable bonds is 7. The monoisotopic (exact) mass is 190 g/mol. The van der Waals surface area contributed by atoms with Crippen molar-refractivity contribution in [3.8, 4) is 0 Å². The van der Waals surface area contributed by atoms with Crippen molar-refractivity contribution in [3.63, 3.8) is 0 Å². The minimum absolute atomic E-state index is 0.169. The Balaban J connectivity index is 3.86. The number of aliphatic carboxylic acids is 1. The number of hydrogen-bond donors (Lipinski definition) is 1. The molecule has 0 spiro atoms. The number of methoxy groups -OCH3 is 1. The van der Waals surface area contributed by atoms with Crippen LogP contribution in [0.25, 0.3) is 0 Å². The first-order chi connectivity index (χ1) is 6.11. The number of carboxylic acids is 1. The van der Waals surface area contributed by atoms with Crippen LogP contribution in [0, 0.1) is 0 Å². The van der Waals surface area contributed by atoms with Gasteiger partial charge in [-0.05, 0) is 13.3 Å². The minimum atomic E-state index is -0.898. The van der Waals surface area contributed by atoms with E-state index in [4.69, 9.17) is 14.6 Å². The van der Waals surface area contributed by atoms with E-state index in [2.05, 4.69) is 0 Å². The van der Waals surface area contributed by atoms with Crippen molar-refractivity contribution in [2.75, 3.05) is 13.7 Å². The fourth-order valence-corrected chi connectivity index (χ4v) is 1.07. The van der Waals surface area contributed by atoms with Crippen LogP contribution in [0.1, 0.15) is 26.7 Å². The molecule has 0 aromatic carbocycles. The van der Waals surface area contributed by atoms with Crippen molar-refractivity contribution in [1.29, 1.82) is 0 Å². The molecule has 0 aliphatic heterocycles. The number of hydrogen-bond acceptors (Lipinski definition) is 3. The van der Waals surface area contributed by atoms with Gasteiger partial charge in [0.1, 0.15) is 0 Å². The molecule has 0 fully saturated rings. The smallest absolute Gasteiger partial charge is 0.332 e. The third-order valence-electron chi connectivity index (χ3n) is 1.62. The van der Waals surface area contributed by atoms with Gasteiger partial charge in [-0.3, -0.25) is 0 Å². The van der Waals surface area contributed by atoms with E-state index < -0.39 is 12.1 Å². The van der Waals surface area contributed by atoms with Gasteiger partial charge in [0.15, 0.2) is 6.10 Å². The van der Waals surface area contributed by atoms with Gasteiger partial charge in [0.05, 0.1) is 12.7 Å². The third kappa shape index (κ3) is 5.60. The Hall–Kier alpha value is -0.610. The lowest BCUT2D eigenvalue weighted by atomic mass is 10.2. The Morgan fingerprint density at radius 2 is 2.15 bits per heavy atom. The van der Waals surface area contributed by atoms with Crippen LogP contribution in [0.15, 0.2) is 0 Å². The van der Waals surface area contributed by atoms with Gasteiger partial charge in [-0.25, -0.2) is 4.79 Å². The normalized spacial score (nSPS) is 15.3. The minimum Gasteiger partial charge on any atom is -0.479 e. The van der Waals surface area contributed by atoms with Crippen LogP contribution in [0.2, 0.25) is 0 Å². The zero-order valence-corrected chi connectivity index (χ0v) is 8.45. The van der Waals surface area contributed by atoms with Gasteiger partial charge in [0.2, 0.25) is 0 Å². The highest BCUT2D eigenvalue weighted by molar-refractivity contribution is 5.72. The molecule has 0 bridgehead atoms. The third-order valence-corrected chi connectivity index (χ3v) is 1.62. The molecule has 0 amide bonds. The lowest BCUT2D eigenvalue weighted by Gasteiger charge is -2.17. The summed E-state index contributed by atoms with van der Waals surface area (Å²) < 4.78 is 10.1. The van der Waals surface area contributed by atoms with Crippen molar-refractivity contribution >= 4 is 5.97 Å². The summed E-state index contributed by atoms with van der Waals surface area (Å²) in [7, 11) is 1.56. The summed E-state index contributed by atoms with van der Waals surface area (Å²) in [5.74, 6) is -0.898. The Kier molecular flexibility index (Phi) is 6.54. The molecule has 13 heavy (non-hydrogen) atoms. The van der Waals surface area contributed by atoms with E-state index in [1.807, 2.05) is 6.92 Å². The van der Waals surface area contributed by atoms with Gasteiger partial charge in [0.25, 0.3) is 0 Å². The predicted octanol–water partition coefficient (Wildman–Crippen LogP) is 1.29. The molecule has 4 nitrogen and oxygen atoms in total. The molecule has 0 aliphatic carbocycles. The van der Waals surface area contributed by atoms with E-state index in [-0.39, 0.29) is 6.10 Å². The Morgan fingerprint density at radius 3 is 2.54 bits per heavy atom. The molecule has 0 saturated carbocycles. The quantitative estimate of drug-likeness (QED) is 0.657. The molecule has 0 aliphatic rings. The van der Waals surface area contributed by atoms with Crippen LogP contribution in [-0.2, 0) is 14.3 Å². The average molecular weight is 190 g/mol. The highest BCUT2D eigenvalue weighted by atomic mass is 16.5. The van der Waals surface area contributed by atoms with Crippen molar-refractivity contribution in [3.05, 3.63) is 0 Å². The molecule has 4 heteroatoms. The predicted molar refractivity (Wildman–Crippen MR) is 48.8 cm³/mol. The lowest BCUT2D eigenvalue weighted by molar-refractivity contribution is -0.156. The second-order valence-electron chi connectivity index (χ2n) is 3.02. The zero-order chi connectivity index (χ0) is 10.3. The van der Waals surface area contributed by atoms with Crippen molar-refractivity contribution < 1.29 is 19.4 Å². The van der Waals surface area contributed by atoms with Crippen molar-refractivity contribution in [1.82, 2.24) is 0 Å². The zero-order valence-electron chi connectivity index (χ0n) is 8.45. The molecule has 2 atom stereocenters. The number of ether oxygens (including phenoxy) is 2. The summed E-state index contributed by atoms with van der Waals surface area (Å²) in [6.45, 7) is 4.16. The first-order valence-corrected chi connectivity index (χ1v) is 4.49. The molecule has 0 rings (SSSR count). The number of carbonyl (C=O) groups is 1. The van der Waals surface area contributed by atoms with E-state index in [0.717, 1.165) is 6.42 Å². The molecule has 0 aromatic rings. The molecule has 0 aromatic heterocycles. The second-order valence-corrected chi connectivity index (χ2v) is 3.02. The van der Waals surface area contributed by atoms with Gasteiger partial charge in [-0.15, -0.1) is 0 Å². The van der Waals surface area contributed by atoms with Gasteiger partial charge < -0.3 is 14.6 Å². The van der Waals surface area contributed by atoms with Crippen LogP contribution in [0.5, 0.6) is 0 Å². The molecule has 0 heterocycles. The highest BCUT2D eigenvalue weighted by Crippen LogP contribution is 2.06. The topological polar surface area (TPSA) is 55.8 Å². The average Bonchev–Trinajstić information content (AvgIpc) is 2.04. The Bertz CT molecular complexity index is 147. The van der Waals surface area contributed by atoms with E-state index in [0.29, 0.717) is 13.0 Å². The summed E-state index contributed by atoms with van der Waals surface area (Å²) in [5, 5.41) is 8.76. The van der Waals surface area contributed by atoms with E-state index in [1.54, 1.807) is 14.0 Å². The fraction of sp³-hybridized carbons (Fsp3) is 0.889. The fourth-order valence-electron chi connectivity index (χ4n) is 1.07. The largest absolute Gasteiger partial charge is 0.479 e. The van der Waals surface area contributed by atoms with Gasteiger partial charge >= 0.3 is 5.97 Å². The standard InChI is InChI=1S/C9H18O4/c1-4-5-8(9(10)11)13-7(2)6-12-3/h7-8H,4-6H2,1-3H3,(H,10,11). The lowest BCUT2D eigenvalue weighted by Crippen LogP contribution is -2.29. The van der Waals surface area contributed by atoms with Crippen LogP contribution in [-0.4, -0.2) is 37.0 Å². The number of carboxylic acid groups (broad SMARTS) is 1. The summed E-state index contributed by atoms with van der Waals surface area (Å²) >= 11 is 0. The Morgan fingerprint density at radius 1 is 1.54 bits per heavy atom. The van der Waals surface area contributed by atoms with Crippen molar-refractivity contribution in [2.24, 2.45) is 0 Å². The van der Waals surface area contributed by atoms with Gasteiger partial charge in [-0.2, -0.15) is 0 Å². The van der Waals surface area contributed by atoms with Gasteiger partial charge in [0, 0.05) is 7.11 Å². The van der Waals surface area contributed by atoms with Crippen LogP contribution < -0.4 is 0 Å². The summed E-state index contributed by atoms with van der Waals surface area (Å²) in [4.78, 5) is 10.7. The molecule has 1 N–H and O–H groups in total. The van der Waals surface area contributed by atoms with Crippen molar-refractivity contribution in [2.45, 2.75) is 38.9 Å². The van der Waals surface area contributed by atoms with Gasteiger partial charge in [-0.1, -0.05) is 13.3 Å². The molecular formula is C9H18O4. The maximum absolute atomic E-state index is 10.7. The molecule has 78 valence electrons. The molecule has 2 unspecified atom stereocenters. The van der Waals surface area contributed by atoms with E-state index >= 15 is 0 Å². The summed E-state index contributed by atoms with van der Waals surface area (Å²) in [6, 6.07) is 0. The first-order valence-electron chi connectivity index (χ1n) is 4.49. The molecular weight excluding hydrogens is 172 g/mol.